The third-order valence-corrected chi connectivity index (χ3v) is 2.98. The van der Waals surface area contributed by atoms with E-state index in [1.54, 1.807) is 0 Å². The molecule has 0 aliphatic carbocycles. The highest BCUT2D eigenvalue weighted by atomic mass is 16.5. The predicted molar refractivity (Wildman–Crippen MR) is 63.7 cm³/mol. The Balaban J connectivity index is 1.70. The first-order chi connectivity index (χ1) is 8.78. The van der Waals surface area contributed by atoms with Crippen molar-refractivity contribution in [3.8, 4) is 0 Å². The molecule has 1 amide bonds. The van der Waals surface area contributed by atoms with Crippen LogP contribution in [0.2, 0.25) is 0 Å². The van der Waals surface area contributed by atoms with Gasteiger partial charge in [-0.1, -0.05) is 6.92 Å². The first kappa shape index (κ1) is 13.0. The van der Waals surface area contributed by atoms with Gasteiger partial charge in [0.1, 0.15) is 0 Å². The van der Waals surface area contributed by atoms with Crippen molar-refractivity contribution < 1.29 is 13.9 Å². The van der Waals surface area contributed by atoms with E-state index in [1.807, 2.05) is 6.92 Å². The fourth-order valence-corrected chi connectivity index (χ4v) is 1.98. The topological polar surface area (TPSA) is 77.2 Å². The zero-order chi connectivity index (χ0) is 12.8. The van der Waals surface area contributed by atoms with Crippen molar-refractivity contribution >= 4 is 5.91 Å². The molecule has 2 heterocycles. The zero-order valence-corrected chi connectivity index (χ0v) is 10.6. The molecular weight excluding hydrogens is 234 g/mol. The van der Waals surface area contributed by atoms with Crippen molar-refractivity contribution in [2.24, 2.45) is 5.92 Å². The Labute approximate surface area is 106 Å². The maximum absolute atomic E-state index is 11.7. The first-order valence-electron chi connectivity index (χ1n) is 6.43. The number of amides is 1. The lowest BCUT2D eigenvalue weighted by Crippen LogP contribution is -2.28. The van der Waals surface area contributed by atoms with Gasteiger partial charge >= 0.3 is 0 Å². The highest BCUT2D eigenvalue weighted by molar-refractivity contribution is 5.76. The van der Waals surface area contributed by atoms with Gasteiger partial charge in [-0.2, -0.15) is 0 Å². The lowest BCUT2D eigenvalue weighted by atomic mass is 9.98. The average molecular weight is 253 g/mol. The second kappa shape index (κ2) is 6.49. The summed E-state index contributed by atoms with van der Waals surface area (Å²) in [5.74, 6) is 1.41. The van der Waals surface area contributed by atoms with Gasteiger partial charge in [-0.3, -0.25) is 4.79 Å². The normalized spacial score (nSPS) is 19.7. The van der Waals surface area contributed by atoms with Crippen molar-refractivity contribution in [3.63, 3.8) is 0 Å². The van der Waals surface area contributed by atoms with E-state index >= 15 is 0 Å². The maximum Gasteiger partial charge on any atom is 0.235 e. The molecule has 1 saturated heterocycles. The van der Waals surface area contributed by atoms with E-state index in [2.05, 4.69) is 15.5 Å². The monoisotopic (exact) mass is 253 g/mol. The number of ether oxygens (including phenoxy) is 1. The van der Waals surface area contributed by atoms with Crippen molar-refractivity contribution in [2.45, 2.75) is 39.2 Å². The highest BCUT2D eigenvalue weighted by Crippen LogP contribution is 2.16. The van der Waals surface area contributed by atoms with Gasteiger partial charge in [0.05, 0.1) is 6.54 Å². The standard InChI is InChI=1S/C12H19N3O3/c1-2-11-14-15-12(18-11)7-13-10(16)6-9-4-3-5-17-8-9/h9H,2-8H2,1H3,(H,13,16)/t9-/m1/s1. The molecule has 0 saturated carbocycles. The summed E-state index contributed by atoms with van der Waals surface area (Å²) < 4.78 is 10.7. The molecule has 2 rings (SSSR count). The molecule has 0 spiro atoms. The van der Waals surface area contributed by atoms with Crippen molar-refractivity contribution in [3.05, 3.63) is 11.8 Å². The minimum atomic E-state index is 0.0155. The van der Waals surface area contributed by atoms with E-state index in [1.165, 1.54) is 0 Å². The summed E-state index contributed by atoms with van der Waals surface area (Å²) in [4.78, 5) is 11.7. The van der Waals surface area contributed by atoms with E-state index in [0.29, 0.717) is 43.7 Å². The van der Waals surface area contributed by atoms with Crippen LogP contribution in [0.1, 0.15) is 38.0 Å². The van der Waals surface area contributed by atoms with E-state index in [9.17, 15) is 4.79 Å². The third kappa shape index (κ3) is 3.80. The molecule has 6 nitrogen and oxygen atoms in total. The van der Waals surface area contributed by atoms with Crippen LogP contribution in [0.25, 0.3) is 0 Å². The van der Waals surface area contributed by atoms with E-state index in [0.717, 1.165) is 19.4 Å². The molecule has 1 aliphatic heterocycles. The summed E-state index contributed by atoms with van der Waals surface area (Å²) in [5.41, 5.74) is 0. The molecule has 18 heavy (non-hydrogen) atoms. The molecule has 0 aromatic carbocycles. The van der Waals surface area contributed by atoms with Crippen LogP contribution in [0.3, 0.4) is 0 Å². The predicted octanol–water partition coefficient (Wildman–Crippen LogP) is 1.06. The molecule has 1 atom stereocenters. The number of carbonyl (C=O) groups excluding carboxylic acids is 1. The molecule has 1 aromatic heterocycles. The average Bonchev–Trinajstić information content (AvgIpc) is 2.85. The van der Waals surface area contributed by atoms with Crippen LogP contribution in [0.4, 0.5) is 0 Å². The zero-order valence-electron chi connectivity index (χ0n) is 10.6. The van der Waals surface area contributed by atoms with E-state index in [4.69, 9.17) is 9.15 Å². The summed E-state index contributed by atoms with van der Waals surface area (Å²) in [6.45, 7) is 3.76. The summed E-state index contributed by atoms with van der Waals surface area (Å²) in [5, 5.41) is 10.5. The van der Waals surface area contributed by atoms with Crippen molar-refractivity contribution in [1.82, 2.24) is 15.5 Å². The molecule has 100 valence electrons. The molecule has 1 N–H and O–H groups in total. The Kier molecular flexibility index (Phi) is 4.69. The number of carbonyl (C=O) groups is 1. The van der Waals surface area contributed by atoms with Crippen LogP contribution in [0, 0.1) is 5.92 Å². The number of nitrogens with zero attached hydrogens (tertiary/aromatic N) is 2. The Hall–Kier alpha value is -1.43. The Morgan fingerprint density at radius 3 is 2.94 bits per heavy atom. The number of hydrogen-bond acceptors (Lipinski definition) is 5. The molecule has 1 aliphatic rings. The smallest absolute Gasteiger partial charge is 0.235 e. The van der Waals surface area contributed by atoms with Crippen LogP contribution in [0.5, 0.6) is 0 Å². The highest BCUT2D eigenvalue weighted by Gasteiger charge is 2.17. The second-order valence-electron chi connectivity index (χ2n) is 4.51. The van der Waals surface area contributed by atoms with E-state index < -0.39 is 0 Å². The van der Waals surface area contributed by atoms with Gasteiger partial charge in [-0.15, -0.1) is 10.2 Å². The fraction of sp³-hybridized carbons (Fsp3) is 0.750. The number of aryl methyl sites for hydroxylation is 1. The van der Waals surface area contributed by atoms with Gasteiger partial charge in [0.2, 0.25) is 17.7 Å². The van der Waals surface area contributed by atoms with Gasteiger partial charge in [0.15, 0.2) is 0 Å². The summed E-state index contributed by atoms with van der Waals surface area (Å²) >= 11 is 0. The number of hydrogen-bond donors (Lipinski definition) is 1. The Morgan fingerprint density at radius 1 is 1.44 bits per heavy atom. The van der Waals surface area contributed by atoms with E-state index in [-0.39, 0.29) is 5.91 Å². The minimum absolute atomic E-state index is 0.0155. The van der Waals surface area contributed by atoms with Crippen LogP contribution in [-0.2, 0) is 22.5 Å². The SMILES string of the molecule is CCc1nnc(CNC(=O)C[C@H]2CCCOC2)o1. The fourth-order valence-electron chi connectivity index (χ4n) is 1.98. The van der Waals surface area contributed by atoms with Crippen LogP contribution < -0.4 is 5.32 Å². The molecular formula is C12H19N3O3. The maximum atomic E-state index is 11.7. The number of rotatable bonds is 5. The van der Waals surface area contributed by atoms with Crippen LogP contribution >= 0.6 is 0 Å². The Bertz CT molecular complexity index is 386. The summed E-state index contributed by atoms with van der Waals surface area (Å²) in [6.07, 6.45) is 3.32. The molecule has 0 unspecified atom stereocenters. The van der Waals surface area contributed by atoms with Gasteiger partial charge in [-0.05, 0) is 18.8 Å². The molecule has 1 aromatic rings. The van der Waals surface area contributed by atoms with Gasteiger partial charge in [-0.25, -0.2) is 0 Å². The molecule has 0 bridgehead atoms. The third-order valence-electron chi connectivity index (χ3n) is 2.98. The minimum Gasteiger partial charge on any atom is -0.423 e. The van der Waals surface area contributed by atoms with Crippen LogP contribution in [0.15, 0.2) is 4.42 Å². The van der Waals surface area contributed by atoms with Crippen LogP contribution in [-0.4, -0.2) is 29.3 Å². The first-order valence-corrected chi connectivity index (χ1v) is 6.43. The Morgan fingerprint density at radius 2 is 2.28 bits per heavy atom. The second-order valence-corrected chi connectivity index (χ2v) is 4.51. The van der Waals surface area contributed by atoms with Crippen molar-refractivity contribution in [1.29, 1.82) is 0 Å². The quantitative estimate of drug-likeness (QED) is 0.849. The molecule has 0 radical (unpaired) electrons. The summed E-state index contributed by atoms with van der Waals surface area (Å²) in [7, 11) is 0. The van der Waals surface area contributed by atoms with Gasteiger partial charge < -0.3 is 14.5 Å². The lowest BCUT2D eigenvalue weighted by Gasteiger charge is -2.21. The number of aromatic nitrogens is 2. The largest absolute Gasteiger partial charge is 0.423 e. The van der Waals surface area contributed by atoms with Gasteiger partial charge in [0, 0.05) is 26.1 Å². The number of nitrogens with one attached hydrogen (secondary N) is 1. The van der Waals surface area contributed by atoms with Crippen molar-refractivity contribution in [2.75, 3.05) is 13.2 Å². The van der Waals surface area contributed by atoms with Gasteiger partial charge in [0.25, 0.3) is 0 Å². The lowest BCUT2D eigenvalue weighted by molar-refractivity contribution is -0.123. The molecule has 6 heteroatoms. The molecule has 1 fully saturated rings. The summed E-state index contributed by atoms with van der Waals surface area (Å²) in [6, 6.07) is 0.